The van der Waals surface area contributed by atoms with Crippen molar-refractivity contribution in [2.24, 2.45) is 0 Å². The zero-order valence-corrected chi connectivity index (χ0v) is 15.1. The van der Waals surface area contributed by atoms with Gasteiger partial charge in [0.1, 0.15) is 0 Å². The van der Waals surface area contributed by atoms with Gasteiger partial charge in [0.05, 0.1) is 29.6 Å². The maximum absolute atomic E-state index is 12.2. The van der Waals surface area contributed by atoms with Crippen LogP contribution in [-0.4, -0.2) is 19.0 Å². The molecule has 130 valence electrons. The van der Waals surface area contributed by atoms with Gasteiger partial charge in [0.2, 0.25) is 5.91 Å². The molecule has 25 heavy (non-hydrogen) atoms. The summed E-state index contributed by atoms with van der Waals surface area (Å²) in [4.78, 5) is 23.8. The van der Waals surface area contributed by atoms with Gasteiger partial charge in [-0.05, 0) is 29.3 Å². The smallest absolute Gasteiger partial charge is 0.307 e. The topological polar surface area (TPSA) is 55.4 Å². The molecule has 0 aliphatic heterocycles. The third-order valence-electron chi connectivity index (χ3n) is 3.49. The Morgan fingerprint density at radius 1 is 1.12 bits per heavy atom. The molecule has 0 saturated heterocycles. The second-order valence-electron chi connectivity index (χ2n) is 5.26. The number of ether oxygens (including phenoxy) is 1. The molecule has 0 aromatic heterocycles. The van der Waals surface area contributed by atoms with Gasteiger partial charge >= 0.3 is 5.97 Å². The normalized spacial score (nSPS) is 12.0. The molecular formula is C19H17Cl2NO3. The third-order valence-corrected chi connectivity index (χ3v) is 4.23. The first-order valence-electron chi connectivity index (χ1n) is 7.55. The van der Waals surface area contributed by atoms with Crippen molar-refractivity contribution in [1.82, 2.24) is 5.32 Å². The monoisotopic (exact) mass is 377 g/mol. The molecule has 4 nitrogen and oxygen atoms in total. The lowest BCUT2D eigenvalue weighted by molar-refractivity contribution is -0.141. The number of carbonyl (C=O) groups is 2. The van der Waals surface area contributed by atoms with Gasteiger partial charge in [0.25, 0.3) is 0 Å². The zero-order chi connectivity index (χ0) is 18.2. The van der Waals surface area contributed by atoms with Gasteiger partial charge in [0.15, 0.2) is 0 Å². The van der Waals surface area contributed by atoms with Crippen molar-refractivity contribution in [2.45, 2.75) is 12.5 Å². The van der Waals surface area contributed by atoms with Crippen molar-refractivity contribution in [1.29, 1.82) is 0 Å². The van der Waals surface area contributed by atoms with Gasteiger partial charge in [-0.3, -0.25) is 9.59 Å². The van der Waals surface area contributed by atoms with E-state index in [0.717, 1.165) is 11.1 Å². The standard InChI is InChI=1S/C19H17Cl2NO3/c1-25-19(24)12-17(14-5-3-2-4-6-14)22-18(23)10-8-13-7-9-15(20)16(21)11-13/h2-11,17H,12H2,1H3,(H,22,23)/b10-8+/t17-/m0/s1. The van der Waals surface area contributed by atoms with Crippen molar-refractivity contribution < 1.29 is 14.3 Å². The fraction of sp³-hybridized carbons (Fsp3) is 0.158. The Kier molecular flexibility index (Phi) is 7.04. The van der Waals surface area contributed by atoms with E-state index in [-0.39, 0.29) is 12.3 Å². The maximum atomic E-state index is 12.2. The predicted molar refractivity (Wildman–Crippen MR) is 99.5 cm³/mol. The van der Waals surface area contributed by atoms with E-state index in [9.17, 15) is 9.59 Å². The average molecular weight is 378 g/mol. The van der Waals surface area contributed by atoms with Gasteiger partial charge in [-0.1, -0.05) is 59.6 Å². The van der Waals surface area contributed by atoms with Crippen molar-refractivity contribution >= 4 is 41.2 Å². The summed E-state index contributed by atoms with van der Waals surface area (Å²) in [5.74, 6) is -0.730. The summed E-state index contributed by atoms with van der Waals surface area (Å²) in [6.07, 6.45) is 3.05. The molecule has 1 amide bonds. The Bertz CT molecular complexity index is 775. The number of halogens is 2. The van der Waals surface area contributed by atoms with Crippen LogP contribution in [0.4, 0.5) is 0 Å². The lowest BCUT2D eigenvalue weighted by Crippen LogP contribution is -2.29. The van der Waals surface area contributed by atoms with Crippen molar-refractivity contribution in [3.8, 4) is 0 Å². The van der Waals surface area contributed by atoms with Crippen LogP contribution in [0.25, 0.3) is 6.08 Å². The largest absolute Gasteiger partial charge is 0.469 e. The molecule has 2 aromatic rings. The Labute approximate surface area is 156 Å². The fourth-order valence-electron chi connectivity index (χ4n) is 2.20. The summed E-state index contributed by atoms with van der Waals surface area (Å²) >= 11 is 11.8. The Hall–Kier alpha value is -2.30. The number of carbonyl (C=O) groups excluding carboxylic acids is 2. The number of hydrogen-bond acceptors (Lipinski definition) is 3. The Balaban J connectivity index is 2.09. The minimum Gasteiger partial charge on any atom is -0.469 e. The second-order valence-corrected chi connectivity index (χ2v) is 6.07. The van der Waals surface area contributed by atoms with Crippen LogP contribution in [0, 0.1) is 0 Å². The van der Waals surface area contributed by atoms with E-state index >= 15 is 0 Å². The molecule has 1 N–H and O–H groups in total. The van der Waals surface area contributed by atoms with Crippen molar-refractivity contribution in [3.05, 3.63) is 75.8 Å². The summed E-state index contributed by atoms with van der Waals surface area (Å²) in [6.45, 7) is 0. The molecule has 0 saturated carbocycles. The van der Waals surface area contributed by atoms with E-state index in [1.54, 1.807) is 24.3 Å². The summed E-state index contributed by atoms with van der Waals surface area (Å²) in [6, 6.07) is 13.8. The van der Waals surface area contributed by atoms with Crippen molar-refractivity contribution in [3.63, 3.8) is 0 Å². The molecule has 0 fully saturated rings. The number of methoxy groups -OCH3 is 1. The molecule has 0 spiro atoms. The van der Waals surface area contributed by atoms with Crippen molar-refractivity contribution in [2.75, 3.05) is 7.11 Å². The van der Waals surface area contributed by atoms with E-state index < -0.39 is 12.0 Å². The summed E-state index contributed by atoms with van der Waals surface area (Å²) in [7, 11) is 1.32. The number of esters is 1. The summed E-state index contributed by atoms with van der Waals surface area (Å²) in [5, 5.41) is 3.67. The number of benzene rings is 2. The van der Waals surface area contributed by atoms with Crippen LogP contribution < -0.4 is 5.32 Å². The van der Waals surface area contributed by atoms with Crippen LogP contribution in [-0.2, 0) is 14.3 Å². The quantitative estimate of drug-likeness (QED) is 0.598. The lowest BCUT2D eigenvalue weighted by atomic mass is 10.0. The van der Waals surface area contributed by atoms with Gasteiger partial charge in [-0.15, -0.1) is 0 Å². The number of amides is 1. The van der Waals surface area contributed by atoms with E-state index in [0.29, 0.717) is 10.0 Å². The number of hydrogen-bond donors (Lipinski definition) is 1. The van der Waals surface area contributed by atoms with Crippen LogP contribution in [0.1, 0.15) is 23.6 Å². The van der Waals surface area contributed by atoms with Gasteiger partial charge < -0.3 is 10.1 Å². The van der Waals surface area contributed by atoms with Crippen LogP contribution in [0.3, 0.4) is 0 Å². The van der Waals surface area contributed by atoms with E-state index in [4.69, 9.17) is 27.9 Å². The molecule has 0 bridgehead atoms. The molecule has 6 heteroatoms. The first kappa shape index (κ1) is 19.0. The molecule has 0 unspecified atom stereocenters. The SMILES string of the molecule is COC(=O)C[C@H](NC(=O)/C=C/c1ccc(Cl)c(Cl)c1)c1ccccc1. The Morgan fingerprint density at radius 3 is 2.48 bits per heavy atom. The van der Waals surface area contributed by atoms with Crippen LogP contribution in [0.5, 0.6) is 0 Å². The summed E-state index contributed by atoms with van der Waals surface area (Å²) in [5.41, 5.74) is 1.57. The minimum atomic E-state index is -0.473. The molecule has 0 aliphatic carbocycles. The first-order chi connectivity index (χ1) is 12.0. The van der Waals surface area contributed by atoms with E-state index in [2.05, 4.69) is 5.32 Å². The van der Waals surface area contributed by atoms with E-state index in [1.807, 2.05) is 30.3 Å². The zero-order valence-electron chi connectivity index (χ0n) is 13.5. The second kappa shape index (κ2) is 9.25. The van der Waals surface area contributed by atoms with Crippen LogP contribution in [0.15, 0.2) is 54.6 Å². The predicted octanol–water partition coefficient (Wildman–Crippen LogP) is 4.43. The molecule has 1 atom stereocenters. The van der Waals surface area contributed by atoms with Crippen LogP contribution >= 0.6 is 23.2 Å². The van der Waals surface area contributed by atoms with Crippen LogP contribution in [0.2, 0.25) is 10.0 Å². The first-order valence-corrected chi connectivity index (χ1v) is 8.30. The number of nitrogens with one attached hydrogen (secondary N) is 1. The molecule has 2 aromatic carbocycles. The molecule has 0 aliphatic rings. The fourth-order valence-corrected chi connectivity index (χ4v) is 2.50. The van der Waals surface area contributed by atoms with Gasteiger partial charge in [0, 0.05) is 6.08 Å². The number of rotatable bonds is 6. The molecular weight excluding hydrogens is 361 g/mol. The highest BCUT2D eigenvalue weighted by molar-refractivity contribution is 6.42. The molecule has 2 rings (SSSR count). The van der Waals surface area contributed by atoms with Gasteiger partial charge in [-0.2, -0.15) is 0 Å². The molecule has 0 radical (unpaired) electrons. The average Bonchev–Trinajstić information content (AvgIpc) is 2.62. The van der Waals surface area contributed by atoms with E-state index in [1.165, 1.54) is 13.2 Å². The lowest BCUT2D eigenvalue weighted by Gasteiger charge is -2.17. The highest BCUT2D eigenvalue weighted by Crippen LogP contribution is 2.23. The Morgan fingerprint density at radius 2 is 1.84 bits per heavy atom. The maximum Gasteiger partial charge on any atom is 0.307 e. The summed E-state index contributed by atoms with van der Waals surface area (Å²) < 4.78 is 4.70. The highest BCUT2D eigenvalue weighted by Gasteiger charge is 2.17. The van der Waals surface area contributed by atoms with Gasteiger partial charge in [-0.25, -0.2) is 0 Å². The minimum absolute atomic E-state index is 0.0485. The third kappa shape index (κ3) is 5.93. The molecule has 0 heterocycles. The highest BCUT2D eigenvalue weighted by atomic mass is 35.5.